The lowest BCUT2D eigenvalue weighted by Crippen LogP contribution is -2.51. The molecule has 3 rings (SSSR count). The highest BCUT2D eigenvalue weighted by atomic mass is 16.5. The van der Waals surface area contributed by atoms with Crippen molar-refractivity contribution in [2.75, 3.05) is 13.1 Å². The Morgan fingerprint density at radius 1 is 1.13 bits per heavy atom. The Morgan fingerprint density at radius 3 is 2.52 bits per heavy atom. The predicted octanol–water partition coefficient (Wildman–Crippen LogP) is 2.67. The van der Waals surface area contributed by atoms with Crippen LogP contribution in [0.5, 0.6) is 0 Å². The van der Waals surface area contributed by atoms with Gasteiger partial charge in [-0.2, -0.15) is 0 Å². The summed E-state index contributed by atoms with van der Waals surface area (Å²) < 4.78 is 6.31. The maximum Gasteiger partial charge on any atom is 0.317 e. The van der Waals surface area contributed by atoms with Crippen LogP contribution in [0.2, 0.25) is 0 Å². The van der Waals surface area contributed by atoms with Gasteiger partial charge in [-0.3, -0.25) is 0 Å². The zero-order valence-electron chi connectivity index (χ0n) is 14.4. The van der Waals surface area contributed by atoms with Gasteiger partial charge in [0.15, 0.2) is 0 Å². The molecule has 4 atom stereocenters. The van der Waals surface area contributed by atoms with E-state index >= 15 is 0 Å². The fourth-order valence-corrected chi connectivity index (χ4v) is 4.31. The number of carbonyl (C=O) groups is 1. The Hall–Kier alpha value is -0.810. The summed E-state index contributed by atoms with van der Waals surface area (Å²) in [4.78, 5) is 14.4. The van der Waals surface area contributed by atoms with Gasteiger partial charge in [-0.05, 0) is 39.0 Å². The first-order valence-corrected chi connectivity index (χ1v) is 9.52. The number of nitrogens with one attached hydrogen (secondary N) is 1. The smallest absolute Gasteiger partial charge is 0.317 e. The van der Waals surface area contributed by atoms with Crippen molar-refractivity contribution in [3.8, 4) is 0 Å². The number of hydrogen-bond acceptors (Lipinski definition) is 3. The maximum atomic E-state index is 12.5. The van der Waals surface area contributed by atoms with E-state index in [-0.39, 0.29) is 30.2 Å². The van der Waals surface area contributed by atoms with Gasteiger partial charge in [0, 0.05) is 19.0 Å². The summed E-state index contributed by atoms with van der Waals surface area (Å²) in [5, 5.41) is 12.9. The molecule has 0 aromatic heterocycles. The molecule has 2 amide bonds. The van der Waals surface area contributed by atoms with Crippen molar-refractivity contribution in [3.63, 3.8) is 0 Å². The van der Waals surface area contributed by atoms with E-state index in [9.17, 15) is 9.90 Å². The van der Waals surface area contributed by atoms with E-state index in [0.717, 1.165) is 25.8 Å². The molecule has 0 aromatic rings. The average molecular weight is 324 g/mol. The van der Waals surface area contributed by atoms with Gasteiger partial charge in [0.1, 0.15) is 0 Å². The Morgan fingerprint density at radius 2 is 1.83 bits per heavy atom. The number of rotatable bonds is 4. The molecule has 3 fully saturated rings. The summed E-state index contributed by atoms with van der Waals surface area (Å²) in [5.41, 5.74) is 0. The number of nitrogens with zero attached hydrogens (tertiary/aromatic N) is 1. The van der Waals surface area contributed by atoms with Crippen LogP contribution in [0, 0.1) is 5.92 Å². The molecule has 2 saturated carbocycles. The van der Waals surface area contributed by atoms with Crippen molar-refractivity contribution in [1.29, 1.82) is 0 Å². The molecule has 1 saturated heterocycles. The fraction of sp³-hybridized carbons (Fsp3) is 0.944. The largest absolute Gasteiger partial charge is 0.393 e. The summed E-state index contributed by atoms with van der Waals surface area (Å²) in [6.45, 7) is 3.24. The van der Waals surface area contributed by atoms with Crippen LogP contribution < -0.4 is 5.32 Å². The number of likely N-dealkylation sites (tertiary alicyclic amines) is 1. The van der Waals surface area contributed by atoms with Crippen molar-refractivity contribution in [1.82, 2.24) is 10.2 Å². The molecule has 2 aliphatic carbocycles. The van der Waals surface area contributed by atoms with E-state index in [4.69, 9.17) is 4.74 Å². The van der Waals surface area contributed by atoms with E-state index in [2.05, 4.69) is 5.32 Å². The lowest BCUT2D eigenvalue weighted by molar-refractivity contribution is -0.0416. The number of aliphatic hydroxyl groups excluding tert-OH is 1. The molecule has 1 heterocycles. The quantitative estimate of drug-likeness (QED) is 0.836. The van der Waals surface area contributed by atoms with Crippen molar-refractivity contribution in [3.05, 3.63) is 0 Å². The van der Waals surface area contributed by atoms with Crippen molar-refractivity contribution in [2.45, 2.75) is 89.1 Å². The third-order valence-electron chi connectivity index (χ3n) is 5.88. The normalized spacial score (nSPS) is 33.8. The Balaban J connectivity index is 1.51. The zero-order valence-corrected chi connectivity index (χ0v) is 14.4. The van der Waals surface area contributed by atoms with E-state index in [1.54, 1.807) is 0 Å². The minimum absolute atomic E-state index is 0.0278. The summed E-state index contributed by atoms with van der Waals surface area (Å²) in [5.74, 6) is 0.220. The summed E-state index contributed by atoms with van der Waals surface area (Å²) in [6, 6.07) is 0.183. The van der Waals surface area contributed by atoms with Crippen LogP contribution in [0.1, 0.15) is 64.7 Å². The molecule has 0 bridgehead atoms. The number of amides is 2. The third-order valence-corrected chi connectivity index (χ3v) is 5.88. The molecular formula is C18H32N2O3. The van der Waals surface area contributed by atoms with Crippen LogP contribution in [0.25, 0.3) is 0 Å². The van der Waals surface area contributed by atoms with Crippen LogP contribution in [-0.2, 0) is 4.74 Å². The molecule has 132 valence electrons. The van der Waals surface area contributed by atoms with Crippen LogP contribution in [0.15, 0.2) is 0 Å². The summed E-state index contributed by atoms with van der Waals surface area (Å²) >= 11 is 0. The van der Waals surface area contributed by atoms with Crippen LogP contribution in [-0.4, -0.2) is 53.5 Å². The second-order valence-electron chi connectivity index (χ2n) is 7.66. The Labute approximate surface area is 139 Å². The van der Waals surface area contributed by atoms with E-state index in [1.807, 2.05) is 11.8 Å². The number of hydrogen-bond donors (Lipinski definition) is 2. The second-order valence-corrected chi connectivity index (χ2v) is 7.66. The third kappa shape index (κ3) is 4.38. The first-order chi connectivity index (χ1) is 11.1. The molecule has 0 unspecified atom stereocenters. The molecule has 3 aliphatic rings. The molecule has 5 nitrogen and oxygen atoms in total. The molecule has 5 heteroatoms. The minimum atomic E-state index is -0.332. The first kappa shape index (κ1) is 17.0. The summed E-state index contributed by atoms with van der Waals surface area (Å²) in [6.07, 6.45) is 10.6. The minimum Gasteiger partial charge on any atom is -0.393 e. The van der Waals surface area contributed by atoms with E-state index in [1.165, 1.54) is 38.5 Å². The number of aliphatic hydroxyl groups is 1. The summed E-state index contributed by atoms with van der Waals surface area (Å²) in [7, 11) is 0. The van der Waals surface area contributed by atoms with Gasteiger partial charge in [0.05, 0.1) is 24.4 Å². The SMILES string of the molecule is C[C@H](O)[C@@H]1CCN(C(=O)N[C@@H]2CCCC[C@H]2OC2CCCC2)C1. The lowest BCUT2D eigenvalue weighted by Gasteiger charge is -2.35. The van der Waals surface area contributed by atoms with Crippen molar-refractivity contribution < 1.29 is 14.6 Å². The van der Waals surface area contributed by atoms with Gasteiger partial charge in [0.25, 0.3) is 0 Å². The monoisotopic (exact) mass is 324 g/mol. The number of urea groups is 1. The molecule has 0 aromatic carbocycles. The Bertz CT molecular complexity index is 396. The van der Waals surface area contributed by atoms with E-state index < -0.39 is 0 Å². The van der Waals surface area contributed by atoms with Gasteiger partial charge >= 0.3 is 6.03 Å². The molecule has 1 aliphatic heterocycles. The number of carbonyl (C=O) groups excluding carboxylic acids is 1. The highest BCUT2D eigenvalue weighted by molar-refractivity contribution is 5.75. The topological polar surface area (TPSA) is 61.8 Å². The molecular weight excluding hydrogens is 292 g/mol. The predicted molar refractivity (Wildman–Crippen MR) is 89.3 cm³/mol. The van der Waals surface area contributed by atoms with Gasteiger partial charge < -0.3 is 20.1 Å². The highest BCUT2D eigenvalue weighted by Crippen LogP contribution is 2.28. The fourth-order valence-electron chi connectivity index (χ4n) is 4.31. The lowest BCUT2D eigenvalue weighted by atomic mass is 9.92. The average Bonchev–Trinajstić information content (AvgIpc) is 3.20. The van der Waals surface area contributed by atoms with Gasteiger partial charge in [-0.15, -0.1) is 0 Å². The standard InChI is InChI=1S/C18H32N2O3/c1-13(21)14-10-11-20(12-14)18(22)19-16-8-4-5-9-17(16)23-15-6-2-3-7-15/h13-17,21H,2-12H2,1H3,(H,19,22)/t13-,14+,16+,17+/m0/s1. The molecule has 2 N–H and O–H groups in total. The van der Waals surface area contributed by atoms with Gasteiger partial charge in [0.2, 0.25) is 0 Å². The van der Waals surface area contributed by atoms with Crippen molar-refractivity contribution in [2.24, 2.45) is 5.92 Å². The van der Waals surface area contributed by atoms with Gasteiger partial charge in [-0.25, -0.2) is 4.79 Å². The second kappa shape index (κ2) is 7.84. The van der Waals surface area contributed by atoms with Gasteiger partial charge in [-0.1, -0.05) is 25.7 Å². The van der Waals surface area contributed by atoms with Crippen LogP contribution in [0.4, 0.5) is 4.79 Å². The highest BCUT2D eigenvalue weighted by Gasteiger charge is 2.34. The van der Waals surface area contributed by atoms with Crippen LogP contribution in [0.3, 0.4) is 0 Å². The van der Waals surface area contributed by atoms with Crippen LogP contribution >= 0.6 is 0 Å². The molecule has 0 radical (unpaired) electrons. The maximum absolute atomic E-state index is 12.5. The molecule has 23 heavy (non-hydrogen) atoms. The van der Waals surface area contributed by atoms with Crippen molar-refractivity contribution >= 4 is 6.03 Å². The van der Waals surface area contributed by atoms with E-state index in [0.29, 0.717) is 12.6 Å². The Kier molecular flexibility index (Phi) is 5.81. The first-order valence-electron chi connectivity index (χ1n) is 9.52. The number of ether oxygens (including phenoxy) is 1. The molecule has 0 spiro atoms. The zero-order chi connectivity index (χ0) is 16.2.